The number of hydrogen-bond acceptors (Lipinski definition) is 8. The van der Waals surface area contributed by atoms with Crippen molar-refractivity contribution in [3.63, 3.8) is 0 Å². The highest BCUT2D eigenvalue weighted by Gasteiger charge is 2.52. The van der Waals surface area contributed by atoms with E-state index in [0.717, 1.165) is 5.56 Å². The van der Waals surface area contributed by atoms with Crippen LogP contribution in [0.15, 0.2) is 30.3 Å². The van der Waals surface area contributed by atoms with E-state index < -0.39 is 48.4 Å². The summed E-state index contributed by atoms with van der Waals surface area (Å²) in [6.07, 6.45) is -4.19. The van der Waals surface area contributed by atoms with Crippen LogP contribution < -0.4 is 0 Å². The standard InChI is InChI=1S/C19H24O8/c1-11(20)25-18-16(13-8-6-5-7-9-13)27-17(19(18)26-12(2)21)14(23-3)10-15(22)24-4/h5-9,14,16-19H,10H2,1-4H3/t14-,16-,17+,18-,19-/m1/s1. The maximum Gasteiger partial charge on any atom is 0.308 e. The number of ether oxygens (including phenoxy) is 5. The Morgan fingerprint density at radius 3 is 2.11 bits per heavy atom. The molecular formula is C19H24O8. The first kappa shape index (κ1) is 20.9. The van der Waals surface area contributed by atoms with Crippen LogP contribution in [0.25, 0.3) is 0 Å². The molecule has 1 fully saturated rings. The molecule has 1 aliphatic rings. The Morgan fingerprint density at radius 1 is 1.00 bits per heavy atom. The van der Waals surface area contributed by atoms with Gasteiger partial charge in [0.05, 0.1) is 19.6 Å². The molecule has 8 nitrogen and oxygen atoms in total. The summed E-state index contributed by atoms with van der Waals surface area (Å²) in [7, 11) is 2.68. The summed E-state index contributed by atoms with van der Waals surface area (Å²) in [5, 5.41) is 0. The van der Waals surface area contributed by atoms with Crippen molar-refractivity contribution < 1.29 is 38.1 Å². The van der Waals surface area contributed by atoms with Crippen molar-refractivity contribution in [2.75, 3.05) is 14.2 Å². The second kappa shape index (κ2) is 9.48. The predicted molar refractivity (Wildman–Crippen MR) is 92.6 cm³/mol. The van der Waals surface area contributed by atoms with Gasteiger partial charge in [0.2, 0.25) is 0 Å². The molecule has 0 unspecified atom stereocenters. The van der Waals surface area contributed by atoms with Gasteiger partial charge in [0.1, 0.15) is 12.2 Å². The van der Waals surface area contributed by atoms with Gasteiger partial charge in [-0.15, -0.1) is 0 Å². The lowest BCUT2D eigenvalue weighted by atomic mass is 9.98. The summed E-state index contributed by atoms with van der Waals surface area (Å²) >= 11 is 0. The van der Waals surface area contributed by atoms with Crippen LogP contribution in [0.5, 0.6) is 0 Å². The lowest BCUT2D eigenvalue weighted by molar-refractivity contribution is -0.167. The Hall–Kier alpha value is -2.45. The zero-order valence-electron chi connectivity index (χ0n) is 15.7. The molecule has 27 heavy (non-hydrogen) atoms. The predicted octanol–water partition coefficient (Wildman–Crippen LogP) is 1.57. The molecule has 1 aromatic carbocycles. The van der Waals surface area contributed by atoms with E-state index in [1.807, 2.05) is 30.3 Å². The zero-order valence-corrected chi connectivity index (χ0v) is 15.7. The van der Waals surface area contributed by atoms with E-state index in [1.54, 1.807) is 0 Å². The topological polar surface area (TPSA) is 97.4 Å². The van der Waals surface area contributed by atoms with Crippen LogP contribution in [-0.4, -0.2) is 56.5 Å². The van der Waals surface area contributed by atoms with Crippen molar-refractivity contribution in [1.29, 1.82) is 0 Å². The normalized spacial score (nSPS) is 25.5. The highest BCUT2D eigenvalue weighted by atomic mass is 16.6. The molecule has 0 aromatic heterocycles. The van der Waals surface area contributed by atoms with Crippen molar-refractivity contribution in [3.05, 3.63) is 35.9 Å². The van der Waals surface area contributed by atoms with Crippen LogP contribution in [0.2, 0.25) is 0 Å². The summed E-state index contributed by atoms with van der Waals surface area (Å²) in [6, 6.07) is 9.11. The molecule has 1 aliphatic heterocycles. The molecule has 5 atom stereocenters. The molecule has 0 saturated carbocycles. The summed E-state index contributed by atoms with van der Waals surface area (Å²) < 4.78 is 27.0. The van der Waals surface area contributed by atoms with Crippen molar-refractivity contribution in [2.24, 2.45) is 0 Å². The zero-order chi connectivity index (χ0) is 20.0. The molecule has 0 radical (unpaired) electrons. The lowest BCUT2D eigenvalue weighted by Gasteiger charge is -2.27. The minimum absolute atomic E-state index is 0.107. The first-order valence-electron chi connectivity index (χ1n) is 8.51. The molecule has 8 heteroatoms. The van der Waals surface area contributed by atoms with Gasteiger partial charge in [-0.3, -0.25) is 14.4 Å². The smallest absolute Gasteiger partial charge is 0.308 e. The van der Waals surface area contributed by atoms with Crippen LogP contribution in [0.1, 0.15) is 31.9 Å². The van der Waals surface area contributed by atoms with Gasteiger partial charge in [0, 0.05) is 21.0 Å². The van der Waals surface area contributed by atoms with Crippen LogP contribution in [-0.2, 0) is 38.1 Å². The second-order valence-corrected chi connectivity index (χ2v) is 6.13. The van der Waals surface area contributed by atoms with Crippen molar-refractivity contribution in [1.82, 2.24) is 0 Å². The molecule has 148 valence electrons. The number of hydrogen-bond donors (Lipinski definition) is 0. The Balaban J connectivity index is 2.39. The second-order valence-electron chi connectivity index (χ2n) is 6.13. The highest BCUT2D eigenvalue weighted by molar-refractivity contribution is 5.70. The van der Waals surface area contributed by atoms with E-state index in [4.69, 9.17) is 23.7 Å². The first-order valence-corrected chi connectivity index (χ1v) is 8.51. The Kier molecular flexibility index (Phi) is 7.32. The number of methoxy groups -OCH3 is 2. The summed E-state index contributed by atoms with van der Waals surface area (Å²) in [4.78, 5) is 35.0. The fourth-order valence-corrected chi connectivity index (χ4v) is 3.12. The van der Waals surface area contributed by atoms with Gasteiger partial charge >= 0.3 is 17.9 Å². The van der Waals surface area contributed by atoms with Crippen LogP contribution in [0.3, 0.4) is 0 Å². The molecule has 1 heterocycles. The lowest BCUT2D eigenvalue weighted by Crippen LogP contribution is -2.44. The number of benzene rings is 1. The van der Waals surface area contributed by atoms with E-state index in [-0.39, 0.29) is 6.42 Å². The maximum absolute atomic E-state index is 11.7. The van der Waals surface area contributed by atoms with Gasteiger partial charge in [-0.2, -0.15) is 0 Å². The van der Waals surface area contributed by atoms with Crippen molar-refractivity contribution in [3.8, 4) is 0 Å². The van der Waals surface area contributed by atoms with Gasteiger partial charge in [-0.1, -0.05) is 30.3 Å². The Morgan fingerprint density at radius 2 is 1.59 bits per heavy atom. The minimum atomic E-state index is -0.939. The third kappa shape index (κ3) is 5.27. The first-order chi connectivity index (χ1) is 12.9. The highest BCUT2D eigenvalue weighted by Crippen LogP contribution is 2.39. The molecule has 0 N–H and O–H groups in total. The number of carbonyl (C=O) groups excluding carboxylic acids is 3. The van der Waals surface area contributed by atoms with E-state index >= 15 is 0 Å². The number of carbonyl (C=O) groups is 3. The third-order valence-electron chi connectivity index (χ3n) is 4.25. The molecule has 0 amide bonds. The van der Waals surface area contributed by atoms with Crippen LogP contribution in [0, 0.1) is 0 Å². The molecule has 1 aromatic rings. The largest absolute Gasteiger partial charge is 0.469 e. The quantitative estimate of drug-likeness (QED) is 0.519. The van der Waals surface area contributed by atoms with Gasteiger partial charge in [0.25, 0.3) is 0 Å². The van der Waals surface area contributed by atoms with Crippen molar-refractivity contribution in [2.45, 2.75) is 50.8 Å². The summed E-state index contributed by atoms with van der Waals surface area (Å²) in [5.41, 5.74) is 0.747. The van der Waals surface area contributed by atoms with Gasteiger partial charge in [-0.05, 0) is 5.56 Å². The van der Waals surface area contributed by atoms with Crippen LogP contribution in [0.4, 0.5) is 0 Å². The van der Waals surface area contributed by atoms with E-state index in [1.165, 1.54) is 28.1 Å². The van der Waals surface area contributed by atoms with Gasteiger partial charge in [-0.25, -0.2) is 0 Å². The monoisotopic (exact) mass is 380 g/mol. The number of esters is 3. The maximum atomic E-state index is 11.7. The Bertz CT molecular complexity index is 659. The third-order valence-corrected chi connectivity index (χ3v) is 4.25. The fraction of sp³-hybridized carbons (Fsp3) is 0.526. The average molecular weight is 380 g/mol. The molecule has 0 spiro atoms. The SMILES string of the molecule is COC(=O)C[C@@H](OC)[C@@H]1O[C@H](c2ccccc2)[C@@H](OC(C)=O)[C@@H]1OC(C)=O. The van der Waals surface area contributed by atoms with Gasteiger partial charge < -0.3 is 23.7 Å². The summed E-state index contributed by atoms with van der Waals surface area (Å²) in [5.74, 6) is -1.60. The van der Waals surface area contributed by atoms with Gasteiger partial charge in [0.15, 0.2) is 12.2 Å². The summed E-state index contributed by atoms with van der Waals surface area (Å²) in [6.45, 7) is 2.52. The number of rotatable bonds is 7. The average Bonchev–Trinajstić information content (AvgIpc) is 2.97. The molecule has 0 aliphatic carbocycles. The minimum Gasteiger partial charge on any atom is -0.469 e. The molecular weight excluding hydrogens is 356 g/mol. The van der Waals surface area contributed by atoms with Crippen molar-refractivity contribution >= 4 is 17.9 Å². The van der Waals surface area contributed by atoms with Crippen LogP contribution >= 0.6 is 0 Å². The van der Waals surface area contributed by atoms with E-state index in [2.05, 4.69) is 0 Å². The molecule has 2 rings (SSSR count). The van der Waals surface area contributed by atoms with E-state index in [9.17, 15) is 14.4 Å². The molecule has 0 bridgehead atoms. The fourth-order valence-electron chi connectivity index (χ4n) is 3.12. The van der Waals surface area contributed by atoms with E-state index in [0.29, 0.717) is 0 Å². The molecule has 1 saturated heterocycles. The Labute approximate surface area is 157 Å².